The summed E-state index contributed by atoms with van der Waals surface area (Å²) in [5.74, 6) is 1.74. The number of hydrogen-bond acceptors (Lipinski definition) is 4. The van der Waals surface area contributed by atoms with Gasteiger partial charge in [-0.05, 0) is 50.5 Å². The van der Waals surface area contributed by atoms with Gasteiger partial charge >= 0.3 is 0 Å². The van der Waals surface area contributed by atoms with Crippen molar-refractivity contribution >= 4 is 23.6 Å². The Bertz CT molecular complexity index is 852. The maximum absolute atomic E-state index is 13.2. The first kappa shape index (κ1) is 24.8. The number of thioether (sulfide) groups is 1. The fraction of sp³-hybridized carbons (Fsp3) is 0.440. The van der Waals surface area contributed by atoms with Crippen LogP contribution in [0.25, 0.3) is 0 Å². The molecule has 2 aromatic rings. The van der Waals surface area contributed by atoms with Gasteiger partial charge in [-0.1, -0.05) is 48.9 Å². The van der Waals surface area contributed by atoms with Crippen molar-refractivity contribution in [2.45, 2.75) is 58.5 Å². The molecule has 0 saturated carbocycles. The normalized spacial score (nSPS) is 11.8. The zero-order chi connectivity index (χ0) is 22.8. The maximum atomic E-state index is 13.2. The van der Waals surface area contributed by atoms with Crippen LogP contribution in [0, 0.1) is 6.92 Å². The number of rotatable bonds is 11. The summed E-state index contributed by atoms with van der Waals surface area (Å²) in [5, 5.41) is 2.97. The first-order valence-electron chi connectivity index (χ1n) is 10.7. The number of carbonyl (C=O) groups is 2. The van der Waals surface area contributed by atoms with Crippen LogP contribution in [0.5, 0.6) is 5.75 Å². The van der Waals surface area contributed by atoms with Crippen LogP contribution in [0.4, 0.5) is 0 Å². The van der Waals surface area contributed by atoms with Gasteiger partial charge in [0.25, 0.3) is 0 Å². The smallest absolute Gasteiger partial charge is 0.243 e. The summed E-state index contributed by atoms with van der Waals surface area (Å²) in [6.07, 6.45) is 0.569. The molecule has 0 aliphatic rings. The minimum Gasteiger partial charge on any atom is -0.497 e. The van der Waals surface area contributed by atoms with Gasteiger partial charge in [0, 0.05) is 18.3 Å². The second-order valence-electron chi connectivity index (χ2n) is 7.94. The number of aryl methyl sites for hydroxylation is 1. The Labute approximate surface area is 190 Å². The minimum absolute atomic E-state index is 0.0224. The van der Waals surface area contributed by atoms with Crippen LogP contribution in [-0.4, -0.2) is 41.7 Å². The molecule has 0 aliphatic heterocycles. The van der Waals surface area contributed by atoms with Crippen molar-refractivity contribution in [1.29, 1.82) is 0 Å². The Hall–Kier alpha value is -2.47. The van der Waals surface area contributed by atoms with Gasteiger partial charge in [0.2, 0.25) is 11.8 Å². The lowest BCUT2D eigenvalue weighted by Crippen LogP contribution is -2.50. The van der Waals surface area contributed by atoms with E-state index in [0.717, 1.165) is 28.2 Å². The molecule has 5 nitrogen and oxygen atoms in total. The van der Waals surface area contributed by atoms with Gasteiger partial charge in [0.1, 0.15) is 11.8 Å². The van der Waals surface area contributed by atoms with Gasteiger partial charge in [0.05, 0.1) is 12.9 Å². The molecule has 0 fully saturated rings. The molecule has 1 N–H and O–H groups in total. The van der Waals surface area contributed by atoms with Crippen LogP contribution in [0.2, 0.25) is 0 Å². The topological polar surface area (TPSA) is 58.6 Å². The number of nitrogens with zero attached hydrogens (tertiary/aromatic N) is 1. The summed E-state index contributed by atoms with van der Waals surface area (Å²) in [5.41, 5.74) is 3.30. The Kier molecular flexibility index (Phi) is 9.92. The predicted octanol–water partition coefficient (Wildman–Crippen LogP) is 4.57. The average molecular weight is 443 g/mol. The van der Waals surface area contributed by atoms with E-state index in [-0.39, 0.29) is 17.9 Å². The van der Waals surface area contributed by atoms with Gasteiger partial charge in [-0.3, -0.25) is 9.59 Å². The first-order chi connectivity index (χ1) is 14.8. The molecular weight excluding hydrogens is 408 g/mol. The van der Waals surface area contributed by atoms with E-state index in [4.69, 9.17) is 4.74 Å². The monoisotopic (exact) mass is 442 g/mol. The van der Waals surface area contributed by atoms with Gasteiger partial charge in [-0.15, -0.1) is 11.8 Å². The number of ether oxygens (including phenoxy) is 1. The number of carbonyl (C=O) groups excluding carboxylic acids is 2. The second kappa shape index (κ2) is 12.4. The number of methoxy groups -OCH3 is 1. The highest BCUT2D eigenvalue weighted by Crippen LogP contribution is 2.19. The second-order valence-corrected chi connectivity index (χ2v) is 8.92. The van der Waals surface area contributed by atoms with E-state index in [0.29, 0.717) is 18.7 Å². The fourth-order valence-electron chi connectivity index (χ4n) is 3.37. The molecule has 168 valence electrons. The van der Waals surface area contributed by atoms with E-state index in [1.165, 1.54) is 0 Å². The minimum atomic E-state index is -0.489. The van der Waals surface area contributed by atoms with Crippen molar-refractivity contribution in [3.8, 4) is 5.75 Å². The summed E-state index contributed by atoms with van der Waals surface area (Å²) in [4.78, 5) is 27.8. The number of amides is 2. The third-order valence-electron chi connectivity index (χ3n) is 4.91. The van der Waals surface area contributed by atoms with E-state index < -0.39 is 6.04 Å². The molecule has 0 unspecified atom stereocenters. The molecule has 6 heteroatoms. The molecule has 31 heavy (non-hydrogen) atoms. The van der Waals surface area contributed by atoms with E-state index in [1.807, 2.05) is 70.2 Å². The molecule has 2 rings (SSSR count). The van der Waals surface area contributed by atoms with E-state index in [2.05, 4.69) is 11.4 Å². The van der Waals surface area contributed by atoms with Crippen LogP contribution in [0.3, 0.4) is 0 Å². The molecule has 1 atom stereocenters. The van der Waals surface area contributed by atoms with Crippen LogP contribution in [-0.2, 0) is 21.9 Å². The lowest BCUT2D eigenvalue weighted by Gasteiger charge is -2.31. The van der Waals surface area contributed by atoms with Gasteiger partial charge in [0.15, 0.2) is 0 Å². The third kappa shape index (κ3) is 7.94. The van der Waals surface area contributed by atoms with Crippen molar-refractivity contribution in [3.05, 3.63) is 65.2 Å². The van der Waals surface area contributed by atoms with Crippen molar-refractivity contribution in [3.63, 3.8) is 0 Å². The quantitative estimate of drug-likeness (QED) is 0.554. The number of hydrogen-bond donors (Lipinski definition) is 1. The number of nitrogens with one attached hydrogen (secondary N) is 1. The molecule has 0 heterocycles. The summed E-state index contributed by atoms with van der Waals surface area (Å²) in [6, 6.07) is 15.5. The molecule has 0 spiro atoms. The Balaban J connectivity index is 2.10. The van der Waals surface area contributed by atoms with E-state index in [9.17, 15) is 9.59 Å². The fourth-order valence-corrected chi connectivity index (χ4v) is 4.24. The van der Waals surface area contributed by atoms with Crippen LogP contribution >= 0.6 is 11.8 Å². The molecule has 0 radical (unpaired) electrons. The molecule has 2 aromatic carbocycles. The molecule has 0 bridgehead atoms. The summed E-state index contributed by atoms with van der Waals surface area (Å²) in [7, 11) is 1.64. The van der Waals surface area contributed by atoms with Crippen LogP contribution < -0.4 is 10.1 Å². The zero-order valence-corrected chi connectivity index (χ0v) is 20.0. The molecule has 0 aliphatic carbocycles. The summed E-state index contributed by atoms with van der Waals surface area (Å²) >= 11 is 1.56. The molecular formula is C25H34N2O3S. The van der Waals surface area contributed by atoms with Crippen molar-refractivity contribution in [1.82, 2.24) is 10.2 Å². The zero-order valence-electron chi connectivity index (χ0n) is 19.2. The van der Waals surface area contributed by atoms with Crippen molar-refractivity contribution in [2.75, 3.05) is 12.9 Å². The highest BCUT2D eigenvalue weighted by Gasteiger charge is 2.28. The Morgan fingerprint density at radius 2 is 1.81 bits per heavy atom. The molecule has 0 saturated heterocycles. The summed E-state index contributed by atoms with van der Waals surface area (Å²) < 4.78 is 5.19. The predicted molar refractivity (Wildman–Crippen MR) is 128 cm³/mol. The lowest BCUT2D eigenvalue weighted by molar-refractivity contribution is -0.139. The van der Waals surface area contributed by atoms with Gasteiger partial charge in [-0.2, -0.15) is 0 Å². The SMILES string of the molecule is CC[C@H](C(=O)NC(C)C)N(Cc1cccc(C)c1)C(=O)CSCc1ccc(OC)cc1. The number of benzene rings is 2. The third-order valence-corrected chi connectivity index (χ3v) is 5.89. The molecule has 0 aromatic heterocycles. The van der Waals surface area contributed by atoms with Gasteiger partial charge in [-0.25, -0.2) is 0 Å². The average Bonchev–Trinajstić information content (AvgIpc) is 2.73. The maximum Gasteiger partial charge on any atom is 0.243 e. The van der Waals surface area contributed by atoms with E-state index in [1.54, 1.807) is 23.8 Å². The van der Waals surface area contributed by atoms with Gasteiger partial charge < -0.3 is 15.0 Å². The van der Waals surface area contributed by atoms with Crippen LogP contribution in [0.15, 0.2) is 48.5 Å². The highest BCUT2D eigenvalue weighted by atomic mass is 32.2. The largest absolute Gasteiger partial charge is 0.497 e. The molecule has 2 amide bonds. The highest BCUT2D eigenvalue weighted by molar-refractivity contribution is 7.99. The van der Waals surface area contributed by atoms with E-state index >= 15 is 0 Å². The standard InChI is InChI=1S/C25H34N2O3S/c1-6-23(25(29)26-18(2)3)27(15-21-9-7-8-19(4)14-21)24(28)17-31-16-20-10-12-22(30-5)13-11-20/h7-14,18,23H,6,15-17H2,1-5H3,(H,26,29)/t23-/m1/s1. The van der Waals surface area contributed by atoms with Crippen molar-refractivity contribution < 1.29 is 14.3 Å². The Morgan fingerprint density at radius 1 is 1.10 bits per heavy atom. The lowest BCUT2D eigenvalue weighted by atomic mass is 10.1. The Morgan fingerprint density at radius 3 is 2.39 bits per heavy atom. The summed E-state index contributed by atoms with van der Waals surface area (Å²) in [6.45, 7) is 8.27. The van der Waals surface area contributed by atoms with Crippen LogP contribution in [0.1, 0.15) is 43.9 Å². The first-order valence-corrected chi connectivity index (χ1v) is 11.9. The van der Waals surface area contributed by atoms with Crippen molar-refractivity contribution in [2.24, 2.45) is 0 Å².